The number of rotatable bonds is 5. The van der Waals surface area contributed by atoms with Crippen LogP contribution in [0.5, 0.6) is 0 Å². The van der Waals surface area contributed by atoms with E-state index in [1.54, 1.807) is 4.90 Å². The lowest BCUT2D eigenvalue weighted by molar-refractivity contribution is -0.144. The maximum atomic E-state index is 14.5. The molecule has 2 rings (SSSR count). The van der Waals surface area contributed by atoms with E-state index < -0.39 is 40.9 Å². The van der Waals surface area contributed by atoms with E-state index >= 15 is 0 Å². The fraction of sp³-hybridized carbons (Fsp3) is 0.529. The number of nitrogens with one attached hydrogen (secondary N) is 1. The van der Waals surface area contributed by atoms with Gasteiger partial charge < -0.3 is 5.32 Å². The molecule has 1 aromatic carbocycles. The molecule has 0 unspecified atom stereocenters. The van der Waals surface area contributed by atoms with Crippen molar-refractivity contribution in [2.24, 2.45) is 0 Å². The minimum atomic E-state index is -5.10. The average Bonchev–Trinajstić information content (AvgIpc) is 2.55. The van der Waals surface area contributed by atoms with Gasteiger partial charge in [-0.1, -0.05) is 6.08 Å². The van der Waals surface area contributed by atoms with Crippen LogP contribution in [-0.4, -0.2) is 31.1 Å². The van der Waals surface area contributed by atoms with Crippen LogP contribution in [0.2, 0.25) is 0 Å². The maximum Gasteiger partial charge on any atom is 0.416 e. The largest absolute Gasteiger partial charge is 0.416 e. The van der Waals surface area contributed by atoms with Gasteiger partial charge in [-0.25, -0.2) is 4.39 Å². The van der Waals surface area contributed by atoms with E-state index in [-0.39, 0.29) is 43.4 Å². The summed E-state index contributed by atoms with van der Waals surface area (Å²) in [7, 11) is 0. The first kappa shape index (κ1) is 27.0. The number of benzene rings is 1. The molecule has 1 N–H and O–H groups in total. The SMILES string of the molecule is C=CCC[C@H](c1c(F)cc(C(F)(F)F)cc1C(F)(F)F)N1CCNCC1.Cl.Cl. The summed E-state index contributed by atoms with van der Waals surface area (Å²) in [6.07, 6.45) is -8.23. The highest BCUT2D eigenvalue weighted by Gasteiger charge is 2.42. The average molecular weight is 457 g/mol. The number of allylic oxidation sites excluding steroid dienone is 1. The zero-order valence-electron chi connectivity index (χ0n) is 14.7. The molecular weight excluding hydrogens is 436 g/mol. The van der Waals surface area contributed by atoms with Crippen LogP contribution in [-0.2, 0) is 12.4 Å². The van der Waals surface area contributed by atoms with Crippen molar-refractivity contribution in [1.82, 2.24) is 10.2 Å². The lowest BCUT2D eigenvalue weighted by Gasteiger charge is -2.36. The van der Waals surface area contributed by atoms with Gasteiger partial charge in [0.1, 0.15) is 5.82 Å². The minimum Gasteiger partial charge on any atom is -0.314 e. The first-order valence-corrected chi connectivity index (χ1v) is 8.09. The third-order valence-electron chi connectivity index (χ3n) is 4.33. The van der Waals surface area contributed by atoms with Crippen molar-refractivity contribution < 1.29 is 30.7 Å². The second-order valence-corrected chi connectivity index (χ2v) is 6.08. The molecule has 11 heteroatoms. The van der Waals surface area contributed by atoms with E-state index in [0.717, 1.165) is 0 Å². The van der Waals surface area contributed by atoms with Gasteiger partial charge in [0.05, 0.1) is 11.1 Å². The summed E-state index contributed by atoms with van der Waals surface area (Å²) in [6, 6.07) is -0.830. The van der Waals surface area contributed by atoms with E-state index in [4.69, 9.17) is 0 Å². The van der Waals surface area contributed by atoms with E-state index in [1.807, 2.05) is 0 Å². The van der Waals surface area contributed by atoms with Crippen LogP contribution in [0.1, 0.15) is 35.6 Å². The summed E-state index contributed by atoms with van der Waals surface area (Å²) in [5, 5.41) is 3.04. The van der Waals surface area contributed by atoms with Crippen LogP contribution in [0.15, 0.2) is 24.8 Å². The highest BCUT2D eigenvalue weighted by Crippen LogP contribution is 2.42. The third kappa shape index (κ3) is 6.50. The summed E-state index contributed by atoms with van der Waals surface area (Å²) in [5.74, 6) is -1.49. The standard InChI is InChI=1S/C17H19F7N2.2ClH/c1-2-3-4-14(26-7-5-25-6-8-26)15-12(17(22,23)24)9-11(10-13(15)18)16(19,20)21;;/h2,9-10,14,25H,1,3-8H2;2*1H/t14-;;/m1../s1. The van der Waals surface area contributed by atoms with Crippen LogP contribution in [0.25, 0.3) is 0 Å². The zero-order valence-corrected chi connectivity index (χ0v) is 16.3. The Morgan fingerprint density at radius 3 is 2.07 bits per heavy atom. The number of hydrogen-bond donors (Lipinski definition) is 1. The molecule has 1 heterocycles. The first-order chi connectivity index (χ1) is 12.1. The molecule has 1 atom stereocenters. The number of halogens is 9. The summed E-state index contributed by atoms with van der Waals surface area (Å²) >= 11 is 0. The smallest absolute Gasteiger partial charge is 0.314 e. The molecule has 0 aliphatic carbocycles. The van der Waals surface area contributed by atoms with E-state index in [9.17, 15) is 30.7 Å². The Balaban J connectivity index is 0.00000364. The molecule has 1 saturated heterocycles. The summed E-state index contributed by atoms with van der Waals surface area (Å²) in [4.78, 5) is 1.67. The molecule has 0 aromatic heterocycles. The summed E-state index contributed by atoms with van der Waals surface area (Å²) in [6.45, 7) is 5.28. The van der Waals surface area contributed by atoms with Crippen LogP contribution in [0.4, 0.5) is 30.7 Å². The third-order valence-corrected chi connectivity index (χ3v) is 4.33. The Hall–Kier alpha value is -1.03. The fourth-order valence-electron chi connectivity index (χ4n) is 3.13. The zero-order chi connectivity index (χ0) is 19.5. The van der Waals surface area contributed by atoms with E-state index in [1.165, 1.54) is 6.08 Å². The predicted octanol–water partition coefficient (Wildman–Crippen LogP) is 5.62. The number of hydrogen-bond acceptors (Lipinski definition) is 2. The molecule has 1 aromatic rings. The second kappa shape index (κ2) is 10.7. The highest BCUT2D eigenvalue weighted by atomic mass is 35.5. The number of nitrogens with zero attached hydrogens (tertiary/aromatic N) is 1. The van der Waals surface area contributed by atoms with Crippen molar-refractivity contribution in [3.8, 4) is 0 Å². The predicted molar refractivity (Wildman–Crippen MR) is 97.5 cm³/mol. The molecule has 1 fully saturated rings. The van der Waals surface area contributed by atoms with Crippen LogP contribution in [0.3, 0.4) is 0 Å². The molecule has 0 spiro atoms. The lowest BCUT2D eigenvalue weighted by Crippen LogP contribution is -2.45. The first-order valence-electron chi connectivity index (χ1n) is 8.09. The van der Waals surface area contributed by atoms with Crippen LogP contribution in [0, 0.1) is 5.82 Å². The Bertz CT molecular complexity index is 642. The van der Waals surface area contributed by atoms with Crippen molar-refractivity contribution in [2.75, 3.05) is 26.2 Å². The van der Waals surface area contributed by atoms with E-state index in [2.05, 4.69) is 11.9 Å². The van der Waals surface area contributed by atoms with Crippen molar-refractivity contribution in [3.63, 3.8) is 0 Å². The fourth-order valence-corrected chi connectivity index (χ4v) is 3.13. The van der Waals surface area contributed by atoms with E-state index in [0.29, 0.717) is 32.6 Å². The molecule has 0 radical (unpaired) electrons. The Morgan fingerprint density at radius 2 is 1.61 bits per heavy atom. The second-order valence-electron chi connectivity index (χ2n) is 6.08. The molecule has 0 saturated carbocycles. The molecule has 162 valence electrons. The normalized spacial score (nSPS) is 16.7. The Kier molecular flexibility index (Phi) is 10.3. The van der Waals surface area contributed by atoms with Crippen molar-refractivity contribution in [2.45, 2.75) is 31.2 Å². The molecule has 0 amide bonds. The summed E-state index contributed by atoms with van der Waals surface area (Å²) < 4.78 is 93.5. The quantitative estimate of drug-likeness (QED) is 0.456. The Labute approximate surface area is 171 Å². The topological polar surface area (TPSA) is 15.3 Å². The Morgan fingerprint density at radius 1 is 1.04 bits per heavy atom. The number of alkyl halides is 6. The van der Waals surface area contributed by atoms with Crippen molar-refractivity contribution in [1.29, 1.82) is 0 Å². The molecule has 0 bridgehead atoms. The maximum absolute atomic E-state index is 14.5. The van der Waals surface area contributed by atoms with Gasteiger partial charge in [-0.15, -0.1) is 31.4 Å². The monoisotopic (exact) mass is 456 g/mol. The van der Waals surface area contributed by atoms with Gasteiger partial charge in [-0.05, 0) is 25.0 Å². The van der Waals surface area contributed by atoms with Crippen molar-refractivity contribution in [3.05, 3.63) is 47.3 Å². The van der Waals surface area contributed by atoms with Gasteiger partial charge in [0, 0.05) is 37.8 Å². The van der Waals surface area contributed by atoms with Crippen molar-refractivity contribution >= 4 is 24.8 Å². The number of piperazine rings is 1. The van der Waals surface area contributed by atoms with Gasteiger partial charge in [0.2, 0.25) is 0 Å². The molecular formula is C17H21Cl2F7N2. The molecule has 2 nitrogen and oxygen atoms in total. The summed E-state index contributed by atoms with van der Waals surface area (Å²) in [5.41, 5.74) is -3.94. The van der Waals surface area contributed by atoms with Gasteiger partial charge in [0.15, 0.2) is 0 Å². The molecule has 1 aliphatic heterocycles. The molecule has 28 heavy (non-hydrogen) atoms. The van der Waals surface area contributed by atoms with Gasteiger partial charge in [-0.2, -0.15) is 26.3 Å². The van der Waals surface area contributed by atoms with Gasteiger partial charge in [-0.3, -0.25) is 4.90 Å². The van der Waals surface area contributed by atoms with Gasteiger partial charge in [0.25, 0.3) is 0 Å². The van der Waals surface area contributed by atoms with Crippen LogP contribution < -0.4 is 5.32 Å². The minimum absolute atomic E-state index is 0. The lowest BCUT2D eigenvalue weighted by atomic mass is 9.92. The van der Waals surface area contributed by atoms with Crippen LogP contribution >= 0.6 is 24.8 Å². The van der Waals surface area contributed by atoms with Gasteiger partial charge >= 0.3 is 12.4 Å². The highest BCUT2D eigenvalue weighted by molar-refractivity contribution is 5.85. The molecule has 1 aliphatic rings.